The number of nitrogens with one attached hydrogen (secondary N) is 2. The van der Waals surface area contributed by atoms with Crippen molar-refractivity contribution in [2.24, 2.45) is 0 Å². The Labute approximate surface area is 179 Å². The third-order valence-electron chi connectivity index (χ3n) is 4.60. The van der Waals surface area contributed by atoms with Crippen molar-refractivity contribution in [3.8, 4) is 0 Å². The van der Waals surface area contributed by atoms with Crippen molar-refractivity contribution in [3.63, 3.8) is 0 Å². The van der Waals surface area contributed by atoms with Gasteiger partial charge in [-0.3, -0.25) is 9.59 Å². The highest BCUT2D eigenvalue weighted by Crippen LogP contribution is 2.16. The number of amides is 2. The topological polar surface area (TPSA) is 98.1 Å². The summed E-state index contributed by atoms with van der Waals surface area (Å²) in [4.78, 5) is 24.8. The molecule has 1 heterocycles. The zero-order valence-electron chi connectivity index (χ0n) is 17.4. The minimum absolute atomic E-state index is 0.111. The summed E-state index contributed by atoms with van der Waals surface area (Å²) < 4.78 is 20.9. The van der Waals surface area contributed by atoms with E-state index in [2.05, 4.69) is 20.8 Å². The van der Waals surface area contributed by atoms with Crippen LogP contribution >= 0.6 is 0 Å². The van der Waals surface area contributed by atoms with E-state index in [1.165, 1.54) is 12.1 Å². The number of carbonyl (C=O) groups is 2. The van der Waals surface area contributed by atoms with E-state index in [4.69, 9.17) is 4.74 Å². The monoisotopic (exact) mass is 425 g/mol. The van der Waals surface area contributed by atoms with Gasteiger partial charge < -0.3 is 19.9 Å². The van der Waals surface area contributed by atoms with Crippen molar-refractivity contribution in [3.05, 3.63) is 77.1 Å². The number of hydrogen-bond donors (Lipinski definition) is 2. The van der Waals surface area contributed by atoms with E-state index in [1.54, 1.807) is 25.6 Å². The van der Waals surface area contributed by atoms with E-state index in [0.717, 1.165) is 11.6 Å². The first kappa shape index (κ1) is 22.1. The van der Waals surface area contributed by atoms with Gasteiger partial charge in [0.2, 0.25) is 0 Å². The number of halogens is 1. The van der Waals surface area contributed by atoms with Gasteiger partial charge in [0.1, 0.15) is 18.0 Å². The van der Waals surface area contributed by atoms with Gasteiger partial charge >= 0.3 is 0 Å². The normalized spacial score (nSPS) is 10.7. The Kier molecular flexibility index (Phi) is 7.45. The second kappa shape index (κ2) is 10.4. The summed E-state index contributed by atoms with van der Waals surface area (Å²) in [6.07, 6.45) is 2.06. The molecule has 3 aromatic rings. The molecular formula is C22H24FN5O3. The molecule has 31 heavy (non-hydrogen) atoms. The van der Waals surface area contributed by atoms with Crippen molar-refractivity contribution in [1.82, 2.24) is 20.1 Å². The molecule has 0 aliphatic carbocycles. The van der Waals surface area contributed by atoms with Crippen molar-refractivity contribution in [2.45, 2.75) is 19.9 Å². The van der Waals surface area contributed by atoms with Gasteiger partial charge in [-0.25, -0.2) is 4.39 Å². The number of hydrogen-bond acceptors (Lipinski definition) is 5. The Bertz CT molecular complexity index is 1050. The van der Waals surface area contributed by atoms with E-state index in [-0.39, 0.29) is 17.2 Å². The Hall–Kier alpha value is -3.59. The maximum atomic E-state index is 14.0. The minimum Gasteiger partial charge on any atom is -0.383 e. The summed E-state index contributed by atoms with van der Waals surface area (Å²) in [5.41, 5.74) is 1.78. The van der Waals surface area contributed by atoms with Crippen molar-refractivity contribution in [1.29, 1.82) is 0 Å². The van der Waals surface area contributed by atoms with Crippen LogP contribution in [0.3, 0.4) is 0 Å². The first-order valence-corrected chi connectivity index (χ1v) is 9.78. The third kappa shape index (κ3) is 6.19. The molecule has 0 radical (unpaired) electrons. The van der Waals surface area contributed by atoms with E-state index in [9.17, 15) is 14.0 Å². The fraction of sp³-hybridized carbons (Fsp3) is 0.273. The molecule has 0 aliphatic heterocycles. The van der Waals surface area contributed by atoms with Gasteiger partial charge in [0.05, 0.1) is 6.61 Å². The average molecular weight is 425 g/mol. The highest BCUT2D eigenvalue weighted by atomic mass is 19.1. The largest absolute Gasteiger partial charge is 0.383 e. The maximum Gasteiger partial charge on any atom is 0.255 e. The number of aromatic nitrogens is 3. The summed E-state index contributed by atoms with van der Waals surface area (Å²) in [6, 6.07) is 10.7. The minimum atomic E-state index is -0.619. The van der Waals surface area contributed by atoms with Crippen LogP contribution in [0.1, 0.15) is 32.1 Å². The molecule has 0 atom stereocenters. The maximum absolute atomic E-state index is 14.0. The number of methoxy groups -OCH3 is 1. The Balaban J connectivity index is 1.60. The second-order valence-corrected chi connectivity index (χ2v) is 6.99. The van der Waals surface area contributed by atoms with Crippen molar-refractivity contribution < 1.29 is 18.7 Å². The molecule has 3 rings (SSSR count). The molecule has 0 spiro atoms. The predicted octanol–water partition coefficient (Wildman–Crippen LogP) is 2.60. The number of carbonyl (C=O) groups excluding carboxylic acids is 2. The standard InChI is InChI=1S/C22H24FN5O3/c1-15-3-5-16(6-4-15)22(30)26-19-12-17(11-18(23)13-19)21(29)24-8-7-20-27-25-14-28(20)9-10-31-2/h3-6,11-14H,7-10H2,1-2H3,(H,24,29)(H,26,30). The van der Waals surface area contributed by atoms with Crippen LogP contribution in [-0.2, 0) is 17.7 Å². The van der Waals surface area contributed by atoms with Crippen molar-refractivity contribution in [2.75, 3.05) is 25.6 Å². The third-order valence-corrected chi connectivity index (χ3v) is 4.60. The van der Waals surface area contributed by atoms with Crippen molar-refractivity contribution >= 4 is 17.5 Å². The lowest BCUT2D eigenvalue weighted by Crippen LogP contribution is -2.27. The van der Waals surface area contributed by atoms with Gasteiger partial charge in [-0.05, 0) is 37.3 Å². The van der Waals surface area contributed by atoms with Gasteiger partial charge in [0, 0.05) is 43.4 Å². The second-order valence-electron chi connectivity index (χ2n) is 6.99. The number of ether oxygens (including phenoxy) is 1. The molecule has 0 bridgehead atoms. The van der Waals surface area contributed by atoms with Gasteiger partial charge in [-0.1, -0.05) is 17.7 Å². The Morgan fingerprint density at radius 1 is 1.10 bits per heavy atom. The fourth-order valence-electron chi connectivity index (χ4n) is 2.94. The number of benzene rings is 2. The number of anilines is 1. The van der Waals surface area contributed by atoms with E-state index in [1.807, 2.05) is 23.6 Å². The average Bonchev–Trinajstić information content (AvgIpc) is 3.19. The molecule has 0 saturated carbocycles. The zero-order chi connectivity index (χ0) is 22.2. The molecule has 0 fully saturated rings. The Morgan fingerprint density at radius 3 is 2.61 bits per heavy atom. The van der Waals surface area contributed by atoms with Crippen LogP contribution in [-0.4, -0.2) is 46.8 Å². The summed E-state index contributed by atoms with van der Waals surface area (Å²) in [5.74, 6) is -0.741. The first-order valence-electron chi connectivity index (χ1n) is 9.78. The highest BCUT2D eigenvalue weighted by molar-refractivity contribution is 6.05. The summed E-state index contributed by atoms with van der Waals surface area (Å²) in [6.45, 7) is 3.35. The van der Waals surface area contributed by atoms with Gasteiger partial charge in [-0.2, -0.15) is 0 Å². The molecule has 2 N–H and O–H groups in total. The van der Waals surface area contributed by atoms with Crippen LogP contribution in [0.2, 0.25) is 0 Å². The molecule has 0 unspecified atom stereocenters. The predicted molar refractivity (Wildman–Crippen MR) is 113 cm³/mol. The first-order chi connectivity index (χ1) is 15.0. The van der Waals surface area contributed by atoms with Crippen LogP contribution in [0.5, 0.6) is 0 Å². The molecule has 8 nitrogen and oxygen atoms in total. The number of aryl methyl sites for hydroxylation is 1. The van der Waals surface area contributed by atoms with Gasteiger partial charge in [0.25, 0.3) is 11.8 Å². The van der Waals surface area contributed by atoms with E-state index < -0.39 is 11.7 Å². The van der Waals surface area contributed by atoms with Crippen LogP contribution < -0.4 is 10.6 Å². The van der Waals surface area contributed by atoms with Crippen LogP contribution in [0.25, 0.3) is 0 Å². The Morgan fingerprint density at radius 2 is 1.87 bits per heavy atom. The van der Waals surface area contributed by atoms with E-state index in [0.29, 0.717) is 37.5 Å². The van der Waals surface area contributed by atoms with E-state index >= 15 is 0 Å². The lowest BCUT2D eigenvalue weighted by Gasteiger charge is -2.10. The molecule has 2 aromatic carbocycles. The van der Waals surface area contributed by atoms with Crippen LogP contribution in [0, 0.1) is 12.7 Å². The van der Waals surface area contributed by atoms with Gasteiger partial charge in [0.15, 0.2) is 0 Å². The molecule has 0 saturated heterocycles. The quantitative estimate of drug-likeness (QED) is 0.549. The summed E-state index contributed by atoms with van der Waals surface area (Å²) in [5, 5.41) is 13.3. The zero-order valence-corrected chi connectivity index (χ0v) is 17.4. The lowest BCUT2D eigenvalue weighted by molar-refractivity contribution is 0.0952. The number of rotatable bonds is 9. The molecule has 162 valence electrons. The smallest absolute Gasteiger partial charge is 0.255 e. The lowest BCUT2D eigenvalue weighted by atomic mass is 10.1. The molecular weight excluding hydrogens is 401 g/mol. The van der Waals surface area contributed by atoms with Gasteiger partial charge in [-0.15, -0.1) is 10.2 Å². The highest BCUT2D eigenvalue weighted by Gasteiger charge is 2.12. The SMILES string of the molecule is COCCn1cnnc1CCNC(=O)c1cc(F)cc(NC(=O)c2ccc(C)cc2)c1. The summed E-state index contributed by atoms with van der Waals surface area (Å²) >= 11 is 0. The fourth-order valence-corrected chi connectivity index (χ4v) is 2.94. The van der Waals surface area contributed by atoms with Crippen LogP contribution in [0.4, 0.5) is 10.1 Å². The molecule has 2 amide bonds. The number of nitrogens with zero attached hydrogens (tertiary/aromatic N) is 3. The molecule has 0 aliphatic rings. The molecule has 1 aromatic heterocycles. The van der Waals surface area contributed by atoms with Crippen LogP contribution in [0.15, 0.2) is 48.8 Å². The summed E-state index contributed by atoms with van der Waals surface area (Å²) in [7, 11) is 1.61. The molecule has 9 heteroatoms.